The van der Waals surface area contributed by atoms with Gasteiger partial charge in [-0.25, -0.2) is 4.79 Å². The Hall–Kier alpha value is -1.43. The van der Waals surface area contributed by atoms with E-state index in [9.17, 15) is 14.0 Å². The zero-order chi connectivity index (χ0) is 13.2. The molecule has 1 aromatic rings. The van der Waals surface area contributed by atoms with Gasteiger partial charge in [-0.1, -0.05) is 0 Å². The van der Waals surface area contributed by atoms with Gasteiger partial charge in [-0.2, -0.15) is 15.7 Å². The van der Waals surface area contributed by atoms with Crippen LogP contribution in [-0.2, 0) is 4.79 Å². The van der Waals surface area contributed by atoms with Crippen molar-refractivity contribution < 1.29 is 19.1 Å². The van der Waals surface area contributed by atoms with Crippen LogP contribution in [0, 0.1) is 0 Å². The van der Waals surface area contributed by atoms with E-state index in [1.807, 2.05) is 0 Å². The minimum atomic E-state index is -1.67. The fourth-order valence-corrected chi connectivity index (χ4v) is 2.28. The quantitative estimate of drug-likeness (QED) is 0.849. The minimum absolute atomic E-state index is 0.361. The van der Waals surface area contributed by atoms with Crippen molar-refractivity contribution >= 4 is 23.5 Å². The third-order valence-corrected chi connectivity index (χ3v) is 2.96. The molecular weight excluding hydrogens is 245 g/mol. The van der Waals surface area contributed by atoms with Crippen LogP contribution in [-0.4, -0.2) is 27.7 Å². The molecule has 0 aliphatic rings. The van der Waals surface area contributed by atoms with Gasteiger partial charge < -0.3 is 5.11 Å². The van der Waals surface area contributed by atoms with Gasteiger partial charge in [0.25, 0.3) is 0 Å². The fourth-order valence-electron chi connectivity index (χ4n) is 1.60. The summed E-state index contributed by atoms with van der Waals surface area (Å²) in [5, 5.41) is 12.4. The highest BCUT2D eigenvalue weighted by Gasteiger charge is 2.38. The van der Waals surface area contributed by atoms with Crippen LogP contribution in [0.2, 0.25) is 0 Å². The lowest BCUT2D eigenvalue weighted by atomic mass is 10.0. The van der Waals surface area contributed by atoms with Gasteiger partial charge in [0, 0.05) is 5.54 Å². The number of hydrogen-bond acceptors (Lipinski definition) is 3. The molecule has 1 N–H and O–H groups in total. The molecule has 17 heavy (non-hydrogen) atoms. The summed E-state index contributed by atoms with van der Waals surface area (Å²) in [6.07, 6.45) is -1.32. The van der Waals surface area contributed by atoms with Gasteiger partial charge in [0.1, 0.15) is 0 Å². The lowest BCUT2D eigenvalue weighted by Gasteiger charge is -2.37. The number of halogens is 1. The highest BCUT2D eigenvalue weighted by molar-refractivity contribution is 7.08. The molecule has 1 aromatic heterocycles. The summed E-state index contributed by atoms with van der Waals surface area (Å²) >= 11 is 1.29. The Morgan fingerprint density at radius 2 is 2.06 bits per heavy atom. The van der Waals surface area contributed by atoms with Crippen LogP contribution in [0.25, 0.3) is 0 Å². The number of nitrogens with zero attached hydrogens (tertiary/aromatic N) is 1. The maximum Gasteiger partial charge on any atom is 0.408 e. The normalized spacial score (nSPS) is 13.2. The van der Waals surface area contributed by atoms with Gasteiger partial charge in [0.05, 0.1) is 0 Å². The standard InChI is InChI=1S/C11H14FNO3S/c1-11(2,3)13(10(15)16)8(9(12)14)7-4-5-17-6-7/h4-6,8H,1-3H3,(H,15,16)/t8-/m1/s1. The number of amides is 1. The van der Waals surface area contributed by atoms with E-state index in [4.69, 9.17) is 5.11 Å². The lowest BCUT2D eigenvalue weighted by molar-refractivity contribution is -0.136. The van der Waals surface area contributed by atoms with Crippen molar-refractivity contribution in [1.82, 2.24) is 4.90 Å². The smallest absolute Gasteiger partial charge is 0.408 e. The summed E-state index contributed by atoms with van der Waals surface area (Å²) in [5.74, 6) is 0. The molecule has 0 aromatic carbocycles. The lowest BCUT2D eigenvalue weighted by Crippen LogP contribution is -2.48. The Kier molecular flexibility index (Phi) is 3.87. The van der Waals surface area contributed by atoms with Gasteiger partial charge in [0.15, 0.2) is 6.04 Å². The van der Waals surface area contributed by atoms with Crippen molar-refractivity contribution in [3.8, 4) is 0 Å². The second-order valence-corrected chi connectivity index (χ2v) is 5.37. The predicted octanol–water partition coefficient (Wildman–Crippen LogP) is 3.06. The molecule has 0 unspecified atom stereocenters. The minimum Gasteiger partial charge on any atom is -0.465 e. The fraction of sp³-hybridized carbons (Fsp3) is 0.455. The van der Waals surface area contributed by atoms with E-state index in [-0.39, 0.29) is 0 Å². The molecule has 0 spiro atoms. The third-order valence-electron chi connectivity index (χ3n) is 2.26. The van der Waals surface area contributed by atoms with E-state index < -0.39 is 23.7 Å². The second-order valence-electron chi connectivity index (χ2n) is 4.59. The predicted molar refractivity (Wildman–Crippen MR) is 62.8 cm³/mol. The molecule has 1 amide bonds. The first-order valence-corrected chi connectivity index (χ1v) is 5.93. The van der Waals surface area contributed by atoms with Crippen molar-refractivity contribution in [2.24, 2.45) is 0 Å². The summed E-state index contributed by atoms with van der Waals surface area (Å²) in [7, 11) is 0. The van der Waals surface area contributed by atoms with Crippen molar-refractivity contribution in [1.29, 1.82) is 0 Å². The topological polar surface area (TPSA) is 57.6 Å². The molecule has 1 atom stereocenters. The third kappa shape index (κ3) is 3.03. The summed E-state index contributed by atoms with van der Waals surface area (Å²) < 4.78 is 13.1. The van der Waals surface area contributed by atoms with E-state index >= 15 is 0 Å². The molecule has 4 nitrogen and oxygen atoms in total. The van der Waals surface area contributed by atoms with Crippen molar-refractivity contribution in [2.45, 2.75) is 32.4 Å². The van der Waals surface area contributed by atoms with Crippen LogP contribution in [0.3, 0.4) is 0 Å². The number of carboxylic acid groups (broad SMARTS) is 1. The molecule has 0 fully saturated rings. The van der Waals surface area contributed by atoms with Crippen molar-refractivity contribution in [3.63, 3.8) is 0 Å². The van der Waals surface area contributed by atoms with Crippen molar-refractivity contribution in [3.05, 3.63) is 22.4 Å². The number of rotatable bonds is 3. The Bertz CT molecular complexity index is 411. The summed E-state index contributed by atoms with van der Waals surface area (Å²) in [6.45, 7) is 4.84. The van der Waals surface area contributed by atoms with Crippen LogP contribution in [0.1, 0.15) is 32.4 Å². The maximum absolute atomic E-state index is 13.1. The molecule has 0 saturated heterocycles. The number of hydrogen-bond donors (Lipinski definition) is 1. The molecule has 0 bridgehead atoms. The molecule has 1 heterocycles. The SMILES string of the molecule is CC(C)(C)N(C(=O)O)[C@@H](C(=O)F)c1ccsc1. The van der Waals surface area contributed by atoms with E-state index in [2.05, 4.69) is 0 Å². The number of carbonyl (C=O) groups excluding carboxylic acids is 1. The molecule has 1 rings (SSSR count). The van der Waals surface area contributed by atoms with Crippen molar-refractivity contribution in [2.75, 3.05) is 0 Å². The van der Waals surface area contributed by atoms with E-state index in [1.165, 1.54) is 11.3 Å². The number of thiophene rings is 1. The van der Waals surface area contributed by atoms with Gasteiger partial charge in [0.2, 0.25) is 0 Å². The molecule has 0 aliphatic carbocycles. The Morgan fingerprint density at radius 3 is 2.35 bits per heavy atom. The highest BCUT2D eigenvalue weighted by atomic mass is 32.1. The molecular formula is C11H14FNO3S. The van der Waals surface area contributed by atoms with E-state index in [0.29, 0.717) is 5.56 Å². The molecule has 0 aliphatic heterocycles. The first kappa shape index (κ1) is 13.6. The highest BCUT2D eigenvalue weighted by Crippen LogP contribution is 2.30. The zero-order valence-electron chi connectivity index (χ0n) is 9.81. The average molecular weight is 259 g/mol. The first-order chi connectivity index (χ1) is 7.75. The monoisotopic (exact) mass is 259 g/mol. The van der Waals surface area contributed by atoms with Gasteiger partial charge in [-0.3, -0.25) is 9.69 Å². The Balaban J connectivity index is 3.21. The molecule has 94 valence electrons. The van der Waals surface area contributed by atoms with Crippen LogP contribution in [0.15, 0.2) is 16.8 Å². The maximum atomic E-state index is 13.1. The molecule has 6 heteroatoms. The Labute approximate surface area is 103 Å². The van der Waals surface area contributed by atoms with E-state index in [0.717, 1.165) is 4.90 Å². The second kappa shape index (κ2) is 4.83. The van der Waals surface area contributed by atoms with Crippen LogP contribution in [0.5, 0.6) is 0 Å². The van der Waals surface area contributed by atoms with E-state index in [1.54, 1.807) is 37.6 Å². The van der Waals surface area contributed by atoms with Gasteiger partial charge >= 0.3 is 12.1 Å². The van der Waals surface area contributed by atoms with Crippen LogP contribution < -0.4 is 0 Å². The largest absolute Gasteiger partial charge is 0.465 e. The average Bonchev–Trinajstić information content (AvgIpc) is 2.62. The molecule has 0 radical (unpaired) electrons. The van der Waals surface area contributed by atoms with Gasteiger partial charge in [-0.15, -0.1) is 0 Å². The first-order valence-electron chi connectivity index (χ1n) is 4.99. The summed E-state index contributed by atoms with van der Waals surface area (Å²) in [4.78, 5) is 23.1. The van der Waals surface area contributed by atoms with Gasteiger partial charge in [-0.05, 0) is 43.2 Å². The molecule has 0 saturated carbocycles. The number of carbonyl (C=O) groups is 2. The summed E-state index contributed by atoms with van der Waals surface area (Å²) in [6, 6.07) is -1.51. The zero-order valence-corrected chi connectivity index (χ0v) is 10.6. The van der Waals surface area contributed by atoms with Crippen LogP contribution in [0.4, 0.5) is 9.18 Å². The summed E-state index contributed by atoms with van der Waals surface area (Å²) in [5.41, 5.74) is -0.500. The van der Waals surface area contributed by atoms with Crippen LogP contribution >= 0.6 is 11.3 Å². The Morgan fingerprint density at radius 1 is 1.47 bits per heavy atom.